The maximum atomic E-state index is 11.3. The molecule has 0 aliphatic carbocycles. The molecule has 0 spiro atoms. The minimum absolute atomic E-state index is 0.254. The quantitative estimate of drug-likeness (QED) is 0.302. The first kappa shape index (κ1) is 11.2. The predicted molar refractivity (Wildman–Crippen MR) is 50.4 cm³/mol. The van der Waals surface area contributed by atoms with Gasteiger partial charge in [-0.1, -0.05) is 10.3 Å². The second-order valence-electron chi connectivity index (χ2n) is 3.69. The predicted octanol–water partition coefficient (Wildman–Crippen LogP) is 0.897. The number of methoxy groups -OCH3 is 1. The lowest BCUT2D eigenvalue weighted by Gasteiger charge is -2.34. The highest BCUT2D eigenvalue weighted by atomic mass is 17.0. The molecule has 0 N–H and O–H groups in total. The molecule has 0 aromatic rings. The van der Waals surface area contributed by atoms with Crippen LogP contribution in [-0.2, 0) is 19.2 Å². The van der Waals surface area contributed by atoms with Gasteiger partial charge in [0.05, 0.1) is 13.7 Å². The van der Waals surface area contributed by atoms with E-state index in [0.29, 0.717) is 13.0 Å². The molecule has 8 nitrogen and oxygen atoms in total. The van der Waals surface area contributed by atoms with E-state index in [4.69, 9.17) is 15.2 Å². The van der Waals surface area contributed by atoms with Gasteiger partial charge in [-0.15, -0.1) is 0 Å². The molecule has 2 aliphatic rings. The zero-order chi connectivity index (χ0) is 11.6. The second-order valence-corrected chi connectivity index (χ2v) is 3.69. The number of fused-ring (bicyclic) bond motifs is 1. The van der Waals surface area contributed by atoms with Gasteiger partial charge in [-0.25, -0.2) is 4.79 Å². The summed E-state index contributed by atoms with van der Waals surface area (Å²) in [7, 11) is 1.28. The summed E-state index contributed by atoms with van der Waals surface area (Å²) in [5.41, 5.74) is 7.64. The van der Waals surface area contributed by atoms with Gasteiger partial charge < -0.3 is 4.74 Å². The fraction of sp³-hybridized carbons (Fsp3) is 0.875. The monoisotopic (exact) mass is 228 g/mol. The Morgan fingerprint density at radius 3 is 3.25 bits per heavy atom. The van der Waals surface area contributed by atoms with Gasteiger partial charge in [-0.2, -0.15) is 0 Å². The van der Waals surface area contributed by atoms with Gasteiger partial charge in [0.25, 0.3) is 0 Å². The van der Waals surface area contributed by atoms with E-state index in [1.165, 1.54) is 7.11 Å². The lowest BCUT2D eigenvalue weighted by molar-refractivity contribution is -0.401. The van der Waals surface area contributed by atoms with Crippen molar-refractivity contribution in [3.63, 3.8) is 0 Å². The molecule has 2 heterocycles. The van der Waals surface area contributed by atoms with Crippen LogP contribution in [0.25, 0.3) is 10.4 Å². The zero-order valence-corrected chi connectivity index (χ0v) is 8.83. The van der Waals surface area contributed by atoms with Crippen LogP contribution < -0.4 is 0 Å². The van der Waals surface area contributed by atoms with E-state index >= 15 is 0 Å². The molecule has 0 aromatic heterocycles. The maximum Gasteiger partial charge on any atom is 0.337 e. The third kappa shape index (κ3) is 1.72. The summed E-state index contributed by atoms with van der Waals surface area (Å²) in [5.74, 6) is -0.495. The topological polar surface area (TPSA) is 96.8 Å². The smallest absolute Gasteiger partial charge is 0.337 e. The summed E-state index contributed by atoms with van der Waals surface area (Å²) in [6.45, 7) is 0.483. The Hall–Kier alpha value is -1.34. The first-order chi connectivity index (χ1) is 7.72. The number of azide groups is 1. The molecule has 0 unspecified atom stereocenters. The van der Waals surface area contributed by atoms with Crippen molar-refractivity contribution in [3.8, 4) is 0 Å². The van der Waals surface area contributed by atoms with Gasteiger partial charge in [0.1, 0.15) is 0 Å². The molecule has 8 heteroatoms. The number of esters is 1. The molecule has 2 saturated heterocycles. The first-order valence-electron chi connectivity index (χ1n) is 4.96. The molecule has 0 saturated carbocycles. The Kier molecular flexibility index (Phi) is 2.97. The summed E-state index contributed by atoms with van der Waals surface area (Å²) < 4.78 is 4.58. The zero-order valence-electron chi connectivity index (χ0n) is 8.83. The van der Waals surface area contributed by atoms with Crippen molar-refractivity contribution < 1.29 is 19.2 Å². The SMILES string of the molecule is COC(=O)[C@H]1C[C@@]2(N=[N+]=[N-])CCCON2O1. The summed E-state index contributed by atoms with van der Waals surface area (Å²) in [6.07, 6.45) is 0.842. The molecule has 2 aliphatic heterocycles. The van der Waals surface area contributed by atoms with Crippen molar-refractivity contribution in [2.24, 2.45) is 5.11 Å². The normalized spacial score (nSPS) is 33.9. The average Bonchev–Trinajstić information content (AvgIpc) is 2.67. The van der Waals surface area contributed by atoms with Crippen LogP contribution in [0, 0.1) is 0 Å². The summed E-state index contributed by atoms with van der Waals surface area (Å²) in [5, 5.41) is 4.83. The van der Waals surface area contributed by atoms with Crippen LogP contribution in [0.15, 0.2) is 5.11 Å². The van der Waals surface area contributed by atoms with Crippen LogP contribution in [0.5, 0.6) is 0 Å². The molecular formula is C8H12N4O4. The molecule has 16 heavy (non-hydrogen) atoms. The van der Waals surface area contributed by atoms with Gasteiger partial charge >= 0.3 is 5.97 Å². The summed E-state index contributed by atoms with van der Waals surface area (Å²) >= 11 is 0. The Balaban J connectivity index is 2.19. The molecule has 0 amide bonds. The number of carbonyl (C=O) groups excluding carboxylic acids is 1. The van der Waals surface area contributed by atoms with Gasteiger partial charge in [-0.05, 0) is 18.4 Å². The van der Waals surface area contributed by atoms with E-state index in [1.54, 1.807) is 0 Å². The van der Waals surface area contributed by atoms with Crippen LogP contribution >= 0.6 is 0 Å². The third-order valence-corrected chi connectivity index (χ3v) is 2.70. The highest BCUT2D eigenvalue weighted by molar-refractivity contribution is 5.74. The van der Waals surface area contributed by atoms with E-state index in [-0.39, 0.29) is 6.42 Å². The molecule has 2 fully saturated rings. The third-order valence-electron chi connectivity index (χ3n) is 2.70. The lowest BCUT2D eigenvalue weighted by Crippen LogP contribution is -2.44. The molecule has 2 rings (SSSR count). The van der Waals surface area contributed by atoms with Crippen molar-refractivity contribution in [1.82, 2.24) is 5.23 Å². The largest absolute Gasteiger partial charge is 0.467 e. The Morgan fingerprint density at radius 1 is 1.75 bits per heavy atom. The van der Waals surface area contributed by atoms with Gasteiger partial charge in [0.15, 0.2) is 11.8 Å². The molecule has 88 valence electrons. The minimum atomic E-state index is -0.911. The van der Waals surface area contributed by atoms with Crippen LogP contribution in [0.2, 0.25) is 0 Å². The standard InChI is InChI=1S/C8H12N4O4/c1-14-7(13)6-5-8(10-11-9)3-2-4-15-12(8)16-6/h6H,2-5H2,1H3/t6-,8-/m1/s1. The van der Waals surface area contributed by atoms with E-state index in [2.05, 4.69) is 14.8 Å². The average molecular weight is 228 g/mol. The Labute approximate surface area is 91.6 Å². The fourth-order valence-electron chi connectivity index (χ4n) is 1.94. The maximum absolute atomic E-state index is 11.3. The Morgan fingerprint density at radius 2 is 2.56 bits per heavy atom. The number of hydrogen-bond donors (Lipinski definition) is 0. The Bertz CT molecular complexity index is 343. The second kappa shape index (κ2) is 4.26. The number of rotatable bonds is 2. The lowest BCUT2D eigenvalue weighted by atomic mass is 9.98. The number of carbonyl (C=O) groups is 1. The van der Waals surface area contributed by atoms with E-state index < -0.39 is 17.7 Å². The summed E-state index contributed by atoms with van der Waals surface area (Å²) in [4.78, 5) is 24.6. The van der Waals surface area contributed by atoms with E-state index in [9.17, 15) is 4.79 Å². The minimum Gasteiger partial charge on any atom is -0.467 e. The number of ether oxygens (including phenoxy) is 1. The molecule has 0 radical (unpaired) electrons. The van der Waals surface area contributed by atoms with E-state index in [0.717, 1.165) is 11.6 Å². The van der Waals surface area contributed by atoms with Gasteiger partial charge in [-0.3, -0.25) is 9.68 Å². The highest BCUT2D eigenvalue weighted by Gasteiger charge is 2.52. The first-order valence-corrected chi connectivity index (χ1v) is 4.96. The van der Waals surface area contributed by atoms with Crippen molar-refractivity contribution in [2.45, 2.75) is 31.0 Å². The number of hydroxylamine groups is 2. The molecule has 0 bridgehead atoms. The van der Waals surface area contributed by atoms with Crippen molar-refractivity contribution in [3.05, 3.63) is 10.4 Å². The van der Waals surface area contributed by atoms with Crippen LogP contribution in [0.1, 0.15) is 19.3 Å². The fourth-order valence-corrected chi connectivity index (χ4v) is 1.94. The molecule has 0 aromatic carbocycles. The molecule has 2 atom stereocenters. The summed E-state index contributed by atoms with van der Waals surface area (Å²) in [6, 6.07) is 0. The van der Waals surface area contributed by atoms with Crippen molar-refractivity contribution in [2.75, 3.05) is 13.7 Å². The highest BCUT2D eigenvalue weighted by Crippen LogP contribution is 2.40. The number of hydrogen-bond acceptors (Lipinski definition) is 6. The van der Waals surface area contributed by atoms with Crippen molar-refractivity contribution >= 4 is 5.97 Å². The van der Waals surface area contributed by atoms with Crippen LogP contribution in [0.4, 0.5) is 0 Å². The van der Waals surface area contributed by atoms with Crippen LogP contribution in [0.3, 0.4) is 0 Å². The number of nitrogens with zero attached hydrogens (tertiary/aromatic N) is 4. The van der Waals surface area contributed by atoms with Gasteiger partial charge in [0.2, 0.25) is 0 Å². The van der Waals surface area contributed by atoms with Crippen molar-refractivity contribution in [1.29, 1.82) is 0 Å². The van der Waals surface area contributed by atoms with E-state index in [1.807, 2.05) is 0 Å². The van der Waals surface area contributed by atoms with Gasteiger partial charge in [0, 0.05) is 11.3 Å². The van der Waals surface area contributed by atoms with Crippen LogP contribution in [-0.4, -0.2) is 36.7 Å². The molecular weight excluding hydrogens is 216 g/mol.